The van der Waals surface area contributed by atoms with Crippen molar-refractivity contribution in [2.24, 2.45) is 0 Å². The van der Waals surface area contributed by atoms with Gasteiger partial charge in [0, 0.05) is 30.0 Å². The van der Waals surface area contributed by atoms with Crippen molar-refractivity contribution < 1.29 is 0 Å². The summed E-state index contributed by atoms with van der Waals surface area (Å²) in [5.74, 6) is 0. The highest BCUT2D eigenvalue weighted by atomic mass is 14.9. The molecular weight excluding hydrogens is 258 g/mol. The second-order valence-electron chi connectivity index (χ2n) is 5.13. The third-order valence-corrected chi connectivity index (χ3v) is 3.65. The van der Waals surface area contributed by atoms with Crippen LogP contribution in [-0.4, -0.2) is 16.5 Å². The average Bonchev–Trinajstić information content (AvgIpc) is 2.55. The molecule has 2 aromatic heterocycles. The molecule has 0 radical (unpaired) electrons. The SMILES string of the molecule is CCNC(Cc1cccnc1)c1ccc2cccnc2c1. The van der Waals surface area contributed by atoms with Crippen molar-refractivity contribution in [1.82, 2.24) is 15.3 Å². The van der Waals surface area contributed by atoms with Crippen molar-refractivity contribution in [3.8, 4) is 0 Å². The maximum atomic E-state index is 4.45. The van der Waals surface area contributed by atoms with Crippen molar-refractivity contribution in [3.63, 3.8) is 0 Å². The van der Waals surface area contributed by atoms with Gasteiger partial charge in [-0.3, -0.25) is 9.97 Å². The molecule has 1 N–H and O–H groups in total. The van der Waals surface area contributed by atoms with E-state index >= 15 is 0 Å². The molecule has 1 unspecified atom stereocenters. The van der Waals surface area contributed by atoms with E-state index in [2.05, 4.69) is 52.5 Å². The van der Waals surface area contributed by atoms with E-state index in [0.717, 1.165) is 18.5 Å². The summed E-state index contributed by atoms with van der Waals surface area (Å²) in [5.41, 5.74) is 3.56. The minimum Gasteiger partial charge on any atom is -0.310 e. The van der Waals surface area contributed by atoms with Gasteiger partial charge in [0.2, 0.25) is 0 Å². The number of fused-ring (bicyclic) bond motifs is 1. The van der Waals surface area contributed by atoms with Crippen molar-refractivity contribution in [2.45, 2.75) is 19.4 Å². The summed E-state index contributed by atoms with van der Waals surface area (Å²) in [5, 5.41) is 4.74. The second-order valence-corrected chi connectivity index (χ2v) is 5.13. The standard InChI is InChI=1S/C18H19N3/c1-2-20-17(11-14-5-3-9-19-13-14)16-8-7-15-6-4-10-21-18(15)12-16/h3-10,12-13,17,20H,2,11H2,1H3. The lowest BCUT2D eigenvalue weighted by Crippen LogP contribution is -2.23. The number of likely N-dealkylation sites (N-methyl/N-ethyl adjacent to an activating group) is 1. The highest BCUT2D eigenvalue weighted by Gasteiger charge is 2.12. The minimum absolute atomic E-state index is 0.283. The molecule has 3 rings (SSSR count). The van der Waals surface area contributed by atoms with Crippen LogP contribution in [0.5, 0.6) is 0 Å². The zero-order valence-corrected chi connectivity index (χ0v) is 12.2. The Labute approximate surface area is 125 Å². The molecule has 0 spiro atoms. The summed E-state index contributed by atoms with van der Waals surface area (Å²) in [7, 11) is 0. The summed E-state index contributed by atoms with van der Waals surface area (Å²) in [6.07, 6.45) is 6.52. The fourth-order valence-electron chi connectivity index (χ4n) is 2.61. The van der Waals surface area contributed by atoms with Crippen molar-refractivity contribution in [1.29, 1.82) is 0 Å². The highest BCUT2D eigenvalue weighted by molar-refractivity contribution is 5.79. The first kappa shape index (κ1) is 13.7. The number of benzene rings is 1. The van der Waals surface area contributed by atoms with E-state index in [4.69, 9.17) is 0 Å². The van der Waals surface area contributed by atoms with E-state index in [-0.39, 0.29) is 6.04 Å². The van der Waals surface area contributed by atoms with Crippen LogP contribution in [0, 0.1) is 0 Å². The van der Waals surface area contributed by atoms with Gasteiger partial charge in [0.25, 0.3) is 0 Å². The van der Waals surface area contributed by atoms with E-state index in [1.54, 1.807) is 0 Å². The predicted octanol–water partition coefficient (Wildman–Crippen LogP) is 3.52. The molecule has 2 heterocycles. The third-order valence-electron chi connectivity index (χ3n) is 3.65. The molecule has 106 valence electrons. The second kappa shape index (κ2) is 6.46. The van der Waals surface area contributed by atoms with Gasteiger partial charge < -0.3 is 5.32 Å². The van der Waals surface area contributed by atoms with Crippen LogP contribution in [0.15, 0.2) is 61.1 Å². The zero-order valence-electron chi connectivity index (χ0n) is 12.2. The number of nitrogens with one attached hydrogen (secondary N) is 1. The molecule has 0 amide bonds. The largest absolute Gasteiger partial charge is 0.310 e. The molecule has 21 heavy (non-hydrogen) atoms. The fourth-order valence-corrected chi connectivity index (χ4v) is 2.61. The molecule has 0 saturated heterocycles. The summed E-state index contributed by atoms with van der Waals surface area (Å²) >= 11 is 0. The van der Waals surface area contributed by atoms with Crippen LogP contribution in [0.3, 0.4) is 0 Å². The molecule has 3 aromatic rings. The van der Waals surface area contributed by atoms with Gasteiger partial charge in [0.15, 0.2) is 0 Å². The number of nitrogens with zero attached hydrogens (tertiary/aromatic N) is 2. The highest BCUT2D eigenvalue weighted by Crippen LogP contribution is 2.22. The van der Waals surface area contributed by atoms with Gasteiger partial charge >= 0.3 is 0 Å². The van der Waals surface area contributed by atoms with E-state index in [1.165, 1.54) is 16.5 Å². The normalized spacial score (nSPS) is 12.4. The molecule has 0 aliphatic heterocycles. The zero-order chi connectivity index (χ0) is 14.5. The average molecular weight is 277 g/mol. The first-order valence-corrected chi connectivity index (χ1v) is 7.34. The predicted molar refractivity (Wildman–Crippen MR) is 86.1 cm³/mol. The van der Waals surface area contributed by atoms with Crippen LogP contribution >= 0.6 is 0 Å². The maximum absolute atomic E-state index is 4.45. The topological polar surface area (TPSA) is 37.8 Å². The van der Waals surface area contributed by atoms with E-state index in [9.17, 15) is 0 Å². The van der Waals surface area contributed by atoms with Crippen molar-refractivity contribution in [2.75, 3.05) is 6.54 Å². The van der Waals surface area contributed by atoms with E-state index < -0.39 is 0 Å². The Morgan fingerprint density at radius 2 is 2.00 bits per heavy atom. The monoisotopic (exact) mass is 277 g/mol. The van der Waals surface area contributed by atoms with Crippen molar-refractivity contribution in [3.05, 3.63) is 72.2 Å². The van der Waals surface area contributed by atoms with E-state index in [1.807, 2.05) is 30.7 Å². The van der Waals surface area contributed by atoms with E-state index in [0.29, 0.717) is 0 Å². The molecule has 0 aliphatic rings. The third kappa shape index (κ3) is 3.26. The van der Waals surface area contributed by atoms with Crippen LogP contribution in [0.4, 0.5) is 0 Å². The number of pyridine rings is 2. The Kier molecular flexibility index (Phi) is 4.22. The molecule has 0 fully saturated rings. The van der Waals surface area contributed by atoms with Gasteiger partial charge in [-0.15, -0.1) is 0 Å². The fraction of sp³-hybridized carbons (Fsp3) is 0.222. The summed E-state index contributed by atoms with van der Waals surface area (Å²) in [4.78, 5) is 8.65. The summed E-state index contributed by atoms with van der Waals surface area (Å²) in [6.45, 7) is 3.07. The van der Waals surface area contributed by atoms with Gasteiger partial charge in [-0.05, 0) is 42.3 Å². The first-order valence-electron chi connectivity index (χ1n) is 7.34. The van der Waals surface area contributed by atoms with Crippen LogP contribution < -0.4 is 5.32 Å². The van der Waals surface area contributed by atoms with Crippen LogP contribution in [0.2, 0.25) is 0 Å². The van der Waals surface area contributed by atoms with Gasteiger partial charge in [0.05, 0.1) is 5.52 Å². The number of aromatic nitrogens is 2. The summed E-state index contributed by atoms with van der Waals surface area (Å²) < 4.78 is 0. The van der Waals surface area contributed by atoms with Crippen LogP contribution in [0.25, 0.3) is 10.9 Å². The Morgan fingerprint density at radius 3 is 2.81 bits per heavy atom. The quantitative estimate of drug-likeness (QED) is 0.775. The molecule has 0 bridgehead atoms. The first-order chi connectivity index (χ1) is 10.4. The molecule has 1 aromatic carbocycles. The Balaban J connectivity index is 1.91. The summed E-state index contributed by atoms with van der Waals surface area (Å²) in [6, 6.07) is 15.0. The molecular formula is C18H19N3. The Morgan fingerprint density at radius 1 is 1.10 bits per heavy atom. The van der Waals surface area contributed by atoms with Crippen LogP contribution in [-0.2, 0) is 6.42 Å². The Hall–Kier alpha value is -2.26. The molecule has 3 heteroatoms. The van der Waals surface area contributed by atoms with Gasteiger partial charge in [0.1, 0.15) is 0 Å². The molecule has 0 aliphatic carbocycles. The lowest BCUT2D eigenvalue weighted by molar-refractivity contribution is 0.549. The molecule has 3 nitrogen and oxygen atoms in total. The van der Waals surface area contributed by atoms with Crippen LogP contribution in [0.1, 0.15) is 24.1 Å². The van der Waals surface area contributed by atoms with Crippen molar-refractivity contribution >= 4 is 10.9 Å². The lowest BCUT2D eigenvalue weighted by Gasteiger charge is -2.18. The smallest absolute Gasteiger partial charge is 0.0705 e. The lowest BCUT2D eigenvalue weighted by atomic mass is 9.98. The van der Waals surface area contributed by atoms with Gasteiger partial charge in [-0.2, -0.15) is 0 Å². The molecule has 0 saturated carbocycles. The number of hydrogen-bond donors (Lipinski definition) is 1. The number of hydrogen-bond acceptors (Lipinski definition) is 3. The minimum atomic E-state index is 0.283. The van der Waals surface area contributed by atoms with Gasteiger partial charge in [-0.25, -0.2) is 0 Å². The molecule has 1 atom stereocenters. The number of rotatable bonds is 5. The maximum Gasteiger partial charge on any atom is 0.0705 e. The van der Waals surface area contributed by atoms with Gasteiger partial charge in [-0.1, -0.05) is 31.2 Å². The Bertz CT molecular complexity index is 710.